The van der Waals surface area contributed by atoms with Crippen molar-refractivity contribution in [2.75, 3.05) is 14.1 Å². The van der Waals surface area contributed by atoms with Gasteiger partial charge in [-0.05, 0) is 12.1 Å². The monoisotopic (exact) mass is 318 g/mol. The van der Waals surface area contributed by atoms with Crippen molar-refractivity contribution < 1.29 is 14.7 Å². The molecular weight excluding hydrogens is 302 g/mol. The zero-order valence-corrected chi connectivity index (χ0v) is 13.0. The predicted octanol–water partition coefficient (Wildman–Crippen LogP) is 2.62. The number of carbonyl (C=O) groups excluding carboxylic acids is 1. The van der Waals surface area contributed by atoms with E-state index in [4.69, 9.17) is 4.74 Å². The molecule has 0 aromatic heterocycles. The molecule has 0 atom stereocenters. The van der Waals surface area contributed by atoms with E-state index < -0.39 is 17.1 Å². The topological polar surface area (TPSA) is 65.0 Å². The van der Waals surface area contributed by atoms with Crippen molar-refractivity contribution in [1.29, 1.82) is 0 Å². The first-order valence-corrected chi connectivity index (χ1v) is 7.83. The summed E-state index contributed by atoms with van der Waals surface area (Å²) in [6.45, 7) is 0. The number of rotatable bonds is 2. The lowest BCUT2D eigenvalue weighted by molar-refractivity contribution is 0.0389. The average molecular weight is 318 g/mol. The van der Waals surface area contributed by atoms with Gasteiger partial charge in [-0.25, -0.2) is 15.0 Å². The molecule has 6 nitrogen and oxygen atoms in total. The second kappa shape index (κ2) is 5.88. The van der Waals surface area contributed by atoms with Gasteiger partial charge in [0.05, 0.1) is 0 Å². The van der Waals surface area contributed by atoms with Crippen LogP contribution in [0.15, 0.2) is 58.3 Å². The highest BCUT2D eigenvalue weighted by Crippen LogP contribution is 2.44. The van der Waals surface area contributed by atoms with Crippen LogP contribution in [0.4, 0.5) is 4.79 Å². The Labute approximate surface area is 131 Å². The summed E-state index contributed by atoms with van der Waals surface area (Å²) in [6.07, 6.45) is 0. The van der Waals surface area contributed by atoms with E-state index in [9.17, 15) is 10.0 Å². The van der Waals surface area contributed by atoms with Crippen molar-refractivity contribution in [2.24, 2.45) is 0 Å². The number of hydroxylamine groups is 1. The molecule has 0 fully saturated rings. The second-order valence-electron chi connectivity index (χ2n) is 4.86. The molecule has 2 aromatic rings. The normalized spacial score (nSPS) is 13.1. The standard InChI is InChI=1S/C15H15N3O3S/c1-17(2)16-15(19)18(20)22-13-9-5-3-7-11(13)21-12-8-4-6-10-14(12)22/h3-10,20H,1-2H3/p+1. The van der Waals surface area contributed by atoms with Gasteiger partial charge in [0.2, 0.25) is 20.9 Å². The maximum absolute atomic E-state index is 12.2. The van der Waals surface area contributed by atoms with E-state index >= 15 is 0 Å². The minimum Gasteiger partial charge on any atom is -0.447 e. The fourth-order valence-corrected chi connectivity index (χ4v) is 3.96. The zero-order valence-electron chi connectivity index (χ0n) is 12.2. The number of amides is 2. The lowest BCUT2D eigenvalue weighted by atomic mass is 10.3. The summed E-state index contributed by atoms with van der Waals surface area (Å²) in [4.78, 5) is 13.7. The van der Waals surface area contributed by atoms with Crippen molar-refractivity contribution in [3.05, 3.63) is 48.5 Å². The largest absolute Gasteiger partial charge is 0.447 e. The number of benzene rings is 2. The molecule has 0 unspecified atom stereocenters. The number of fused-ring (bicyclic) bond motifs is 2. The van der Waals surface area contributed by atoms with Gasteiger partial charge in [0.15, 0.2) is 11.5 Å². The molecule has 0 saturated heterocycles. The number of hydrogen-bond donors (Lipinski definition) is 2. The Morgan fingerprint density at radius 1 is 1.05 bits per heavy atom. The summed E-state index contributed by atoms with van der Waals surface area (Å²) in [5.74, 6) is 1.28. The first kappa shape index (κ1) is 14.7. The van der Waals surface area contributed by atoms with Crippen LogP contribution in [-0.2, 0) is 11.1 Å². The maximum Gasteiger partial charge on any atom is 0.401 e. The van der Waals surface area contributed by atoms with E-state index in [1.165, 1.54) is 5.01 Å². The van der Waals surface area contributed by atoms with Crippen LogP contribution >= 0.6 is 0 Å². The van der Waals surface area contributed by atoms with Gasteiger partial charge in [0, 0.05) is 30.7 Å². The van der Waals surface area contributed by atoms with Crippen LogP contribution in [0, 0.1) is 0 Å². The van der Waals surface area contributed by atoms with Crippen molar-refractivity contribution in [3.63, 3.8) is 0 Å². The van der Waals surface area contributed by atoms with Gasteiger partial charge in [-0.15, -0.1) is 0 Å². The van der Waals surface area contributed by atoms with E-state index in [2.05, 4.69) is 5.43 Å². The van der Waals surface area contributed by atoms with E-state index in [1.54, 1.807) is 14.1 Å². The van der Waals surface area contributed by atoms with Crippen molar-refractivity contribution >= 4 is 17.1 Å². The molecule has 1 heterocycles. The van der Waals surface area contributed by atoms with Crippen LogP contribution in [0.25, 0.3) is 0 Å². The molecule has 0 spiro atoms. The Morgan fingerprint density at radius 2 is 1.55 bits per heavy atom. The Kier molecular flexibility index (Phi) is 3.93. The first-order chi connectivity index (χ1) is 10.6. The van der Waals surface area contributed by atoms with E-state index in [1.807, 2.05) is 48.5 Å². The molecule has 114 valence electrons. The molecule has 1 aliphatic rings. The fourth-order valence-electron chi connectivity index (χ4n) is 2.13. The molecule has 7 heteroatoms. The van der Waals surface area contributed by atoms with Crippen LogP contribution in [0.3, 0.4) is 0 Å². The smallest absolute Gasteiger partial charge is 0.401 e. The third-order valence-corrected chi connectivity index (χ3v) is 5.02. The van der Waals surface area contributed by atoms with E-state index in [0.717, 1.165) is 14.3 Å². The van der Waals surface area contributed by atoms with Gasteiger partial charge < -0.3 is 4.74 Å². The van der Waals surface area contributed by atoms with Gasteiger partial charge in [-0.2, -0.15) is 0 Å². The number of para-hydroxylation sites is 2. The highest BCUT2D eigenvalue weighted by atomic mass is 32.2. The third kappa shape index (κ3) is 2.61. The third-order valence-electron chi connectivity index (χ3n) is 3.00. The van der Waals surface area contributed by atoms with Crippen molar-refractivity contribution in [3.8, 4) is 11.5 Å². The number of carbonyl (C=O) groups is 1. The number of hydrazine groups is 1. The Morgan fingerprint density at radius 3 is 2.05 bits per heavy atom. The molecule has 2 aromatic carbocycles. The molecule has 1 aliphatic heterocycles. The molecule has 22 heavy (non-hydrogen) atoms. The molecule has 0 saturated carbocycles. The van der Waals surface area contributed by atoms with Gasteiger partial charge in [-0.3, -0.25) is 5.43 Å². The van der Waals surface area contributed by atoms with Crippen LogP contribution in [-0.4, -0.2) is 34.8 Å². The second-order valence-corrected chi connectivity index (χ2v) is 6.66. The molecule has 0 bridgehead atoms. The minimum absolute atomic E-state index is 0.597. The van der Waals surface area contributed by atoms with Crippen LogP contribution in [0.2, 0.25) is 0 Å². The number of nitrogens with one attached hydrogen (secondary N) is 1. The predicted molar refractivity (Wildman–Crippen MR) is 82.7 cm³/mol. The first-order valence-electron chi connectivity index (χ1n) is 6.65. The molecule has 3 rings (SSSR count). The van der Waals surface area contributed by atoms with Crippen molar-refractivity contribution in [2.45, 2.75) is 9.79 Å². The summed E-state index contributed by atoms with van der Waals surface area (Å²) in [5, 5.41) is 11.9. The van der Waals surface area contributed by atoms with Crippen LogP contribution < -0.4 is 10.2 Å². The lowest BCUT2D eigenvalue weighted by Gasteiger charge is -2.23. The minimum atomic E-state index is -0.961. The molecular formula is C15H16N3O3S+. The molecule has 2 N–H and O–H groups in total. The number of hydrogen-bond acceptors (Lipinski definition) is 4. The summed E-state index contributed by atoms with van der Waals surface area (Å²) in [6, 6.07) is 14.2. The van der Waals surface area contributed by atoms with Gasteiger partial charge >= 0.3 is 6.03 Å². The molecule has 2 amide bonds. The zero-order chi connectivity index (χ0) is 15.7. The SMILES string of the molecule is CN(C)NC(=O)N(O)[S+]1c2ccccc2Oc2ccccc21. The number of nitrogens with zero attached hydrogens (tertiary/aromatic N) is 2. The lowest BCUT2D eigenvalue weighted by Crippen LogP contribution is -2.47. The highest BCUT2D eigenvalue weighted by molar-refractivity contribution is 7.95. The van der Waals surface area contributed by atoms with Gasteiger partial charge in [0.25, 0.3) is 0 Å². The number of ether oxygens (including phenoxy) is 1. The fraction of sp³-hybridized carbons (Fsp3) is 0.133. The molecule has 0 aliphatic carbocycles. The summed E-state index contributed by atoms with van der Waals surface area (Å²) < 4.78 is 6.57. The van der Waals surface area contributed by atoms with Crippen molar-refractivity contribution in [1.82, 2.24) is 14.9 Å². The Hall–Kier alpha value is -2.22. The molecule has 0 radical (unpaired) electrons. The van der Waals surface area contributed by atoms with E-state index in [0.29, 0.717) is 11.5 Å². The van der Waals surface area contributed by atoms with E-state index in [-0.39, 0.29) is 0 Å². The Bertz CT molecular complexity index is 662. The summed E-state index contributed by atoms with van der Waals surface area (Å²) in [5.41, 5.74) is 2.54. The van der Waals surface area contributed by atoms with Crippen LogP contribution in [0.5, 0.6) is 11.5 Å². The van der Waals surface area contributed by atoms with Gasteiger partial charge in [0.1, 0.15) is 0 Å². The quantitative estimate of drug-likeness (QED) is 0.507. The van der Waals surface area contributed by atoms with Crippen LogP contribution in [0.1, 0.15) is 0 Å². The Balaban J connectivity index is 2.04. The summed E-state index contributed by atoms with van der Waals surface area (Å²) in [7, 11) is 3.36. The van der Waals surface area contributed by atoms with Gasteiger partial charge in [-0.1, -0.05) is 24.3 Å². The maximum atomic E-state index is 12.2. The number of urea groups is 1. The summed E-state index contributed by atoms with van der Waals surface area (Å²) >= 11 is -0.961. The highest BCUT2D eigenvalue weighted by Gasteiger charge is 2.45. The average Bonchev–Trinajstić information content (AvgIpc) is 2.51.